The van der Waals surface area contributed by atoms with Crippen molar-refractivity contribution in [3.05, 3.63) is 0 Å². The van der Waals surface area contributed by atoms with E-state index in [4.69, 9.17) is 4.74 Å². The number of aliphatic imine (C=N–C) groups is 1. The van der Waals surface area contributed by atoms with Crippen molar-refractivity contribution < 1.29 is 17.9 Å². The van der Waals surface area contributed by atoms with Gasteiger partial charge in [-0.25, -0.2) is 8.42 Å². The third-order valence-corrected chi connectivity index (χ3v) is 7.30. The summed E-state index contributed by atoms with van der Waals surface area (Å²) in [4.78, 5) is 22.1. The molecular weight excluding hydrogens is 535 g/mol. The van der Waals surface area contributed by atoms with Crippen LogP contribution >= 0.6 is 24.0 Å². The van der Waals surface area contributed by atoms with E-state index < -0.39 is 10.0 Å². The van der Waals surface area contributed by atoms with Gasteiger partial charge in [-0.05, 0) is 13.8 Å². The van der Waals surface area contributed by atoms with Crippen LogP contribution < -0.4 is 5.32 Å². The van der Waals surface area contributed by atoms with Crippen LogP contribution in [-0.2, 0) is 19.6 Å². The van der Waals surface area contributed by atoms with Crippen LogP contribution in [0.3, 0.4) is 0 Å². The van der Waals surface area contributed by atoms with Crippen LogP contribution in [0.15, 0.2) is 4.99 Å². The maximum Gasteiger partial charge on any atom is 0.219 e. The molecule has 0 bridgehead atoms. The Kier molecular flexibility index (Phi) is 12.6. The van der Waals surface area contributed by atoms with Gasteiger partial charge in [0.1, 0.15) is 0 Å². The van der Waals surface area contributed by atoms with Crippen molar-refractivity contribution in [2.45, 2.75) is 26.9 Å². The maximum atomic E-state index is 12.5. The smallest absolute Gasteiger partial charge is 0.219 e. The number of hydrogen-bond donors (Lipinski definition) is 1. The third kappa shape index (κ3) is 9.36. The monoisotopic (exact) mass is 574 g/mol. The van der Waals surface area contributed by atoms with Crippen LogP contribution in [0.4, 0.5) is 0 Å². The van der Waals surface area contributed by atoms with Gasteiger partial charge in [-0.15, -0.1) is 24.0 Å². The Balaban J connectivity index is 0.00000480. The number of halogens is 1. The van der Waals surface area contributed by atoms with Crippen molar-refractivity contribution in [2.24, 2.45) is 4.99 Å². The number of amides is 1. The molecule has 0 atom stereocenters. The lowest BCUT2D eigenvalue weighted by Crippen LogP contribution is -2.55. The van der Waals surface area contributed by atoms with E-state index in [9.17, 15) is 13.2 Å². The lowest BCUT2D eigenvalue weighted by atomic mass is 10.3. The van der Waals surface area contributed by atoms with Crippen LogP contribution in [0.2, 0.25) is 0 Å². The average Bonchev–Trinajstić information content (AvgIpc) is 2.71. The van der Waals surface area contributed by atoms with Crippen molar-refractivity contribution in [2.75, 3.05) is 84.9 Å². The minimum Gasteiger partial charge on any atom is -0.378 e. The Morgan fingerprint density at radius 2 is 1.61 bits per heavy atom. The van der Waals surface area contributed by atoms with Gasteiger partial charge in [0.15, 0.2) is 5.96 Å². The first-order valence-electron chi connectivity index (χ1n) is 10.8. The molecule has 0 aliphatic carbocycles. The molecule has 10 nitrogen and oxygen atoms in total. The highest BCUT2D eigenvalue weighted by atomic mass is 127. The fourth-order valence-electron chi connectivity index (χ4n) is 3.64. The predicted molar refractivity (Wildman–Crippen MR) is 133 cm³/mol. The van der Waals surface area contributed by atoms with E-state index in [2.05, 4.69) is 20.1 Å². The van der Waals surface area contributed by atoms with Crippen molar-refractivity contribution in [1.29, 1.82) is 0 Å². The standard InChI is InChI=1S/C19H38N6O4S.HI/c1-17(2)29-15-16-30(27,28)25-13-11-24(12-14-25)19(20-4)21-5-6-22-7-9-23(10-8-22)18(3)26;/h17H,5-16H2,1-4H3,(H,20,21);1H. The zero-order valence-corrected chi connectivity index (χ0v) is 22.4. The summed E-state index contributed by atoms with van der Waals surface area (Å²) < 4.78 is 31.9. The molecule has 0 aromatic rings. The molecule has 2 aliphatic heterocycles. The first-order chi connectivity index (χ1) is 14.2. The van der Waals surface area contributed by atoms with Gasteiger partial charge in [-0.3, -0.25) is 14.7 Å². The highest BCUT2D eigenvalue weighted by molar-refractivity contribution is 14.0. The molecule has 2 saturated heterocycles. The van der Waals surface area contributed by atoms with E-state index in [-0.39, 0.29) is 48.3 Å². The molecule has 2 fully saturated rings. The molecule has 0 unspecified atom stereocenters. The van der Waals surface area contributed by atoms with Gasteiger partial charge in [0.2, 0.25) is 15.9 Å². The number of nitrogens with one attached hydrogen (secondary N) is 1. The van der Waals surface area contributed by atoms with Gasteiger partial charge >= 0.3 is 0 Å². The topological polar surface area (TPSA) is 97.8 Å². The molecule has 1 amide bonds. The lowest BCUT2D eigenvalue weighted by molar-refractivity contribution is -0.130. The highest BCUT2D eigenvalue weighted by Crippen LogP contribution is 2.09. The number of ether oxygens (including phenoxy) is 1. The van der Waals surface area contributed by atoms with Gasteiger partial charge in [0.05, 0.1) is 18.5 Å². The van der Waals surface area contributed by atoms with Crippen molar-refractivity contribution >= 4 is 45.9 Å². The Labute approximate surface area is 204 Å². The number of nitrogens with zero attached hydrogens (tertiary/aromatic N) is 5. The first-order valence-corrected chi connectivity index (χ1v) is 12.4. The SMILES string of the molecule is CN=C(NCCN1CCN(C(C)=O)CC1)N1CCN(S(=O)(=O)CCOC(C)C)CC1.I. The Bertz CT molecular complexity index is 675. The van der Waals surface area contributed by atoms with E-state index in [1.807, 2.05) is 18.7 Å². The Morgan fingerprint density at radius 3 is 2.13 bits per heavy atom. The summed E-state index contributed by atoms with van der Waals surface area (Å²) in [7, 11) is -1.54. The molecular formula is C19H39IN6O4S. The number of hydrogen-bond acceptors (Lipinski definition) is 6. The van der Waals surface area contributed by atoms with Gasteiger partial charge in [0.25, 0.3) is 0 Å². The number of rotatable bonds is 8. The van der Waals surface area contributed by atoms with Crippen LogP contribution in [0.25, 0.3) is 0 Å². The molecule has 0 radical (unpaired) electrons. The summed E-state index contributed by atoms with van der Waals surface area (Å²) in [5.74, 6) is 0.967. The molecule has 2 heterocycles. The van der Waals surface area contributed by atoms with Crippen molar-refractivity contribution in [1.82, 2.24) is 24.3 Å². The van der Waals surface area contributed by atoms with E-state index in [1.165, 1.54) is 0 Å². The normalized spacial score (nSPS) is 19.5. The van der Waals surface area contributed by atoms with Gasteiger partial charge < -0.3 is 19.9 Å². The largest absolute Gasteiger partial charge is 0.378 e. The van der Waals surface area contributed by atoms with E-state index >= 15 is 0 Å². The second-order valence-corrected chi connectivity index (χ2v) is 10.0. The number of piperazine rings is 2. The minimum atomic E-state index is -3.29. The molecule has 0 spiro atoms. The third-order valence-electron chi connectivity index (χ3n) is 5.46. The second-order valence-electron chi connectivity index (χ2n) is 7.94. The predicted octanol–water partition coefficient (Wildman–Crippen LogP) is -0.284. The summed E-state index contributed by atoms with van der Waals surface area (Å²) in [5, 5.41) is 3.39. The summed E-state index contributed by atoms with van der Waals surface area (Å²) in [5.41, 5.74) is 0. The molecule has 182 valence electrons. The highest BCUT2D eigenvalue weighted by Gasteiger charge is 2.28. The quantitative estimate of drug-likeness (QED) is 0.242. The van der Waals surface area contributed by atoms with Gasteiger partial charge in [-0.2, -0.15) is 4.31 Å². The van der Waals surface area contributed by atoms with Gasteiger partial charge in [-0.1, -0.05) is 0 Å². The van der Waals surface area contributed by atoms with Crippen LogP contribution in [0.5, 0.6) is 0 Å². The average molecular weight is 575 g/mol. The van der Waals surface area contributed by atoms with Gasteiger partial charge in [0, 0.05) is 79.4 Å². The van der Waals surface area contributed by atoms with Crippen molar-refractivity contribution in [3.63, 3.8) is 0 Å². The molecule has 2 aliphatic rings. The van der Waals surface area contributed by atoms with E-state index in [0.29, 0.717) is 26.2 Å². The molecule has 1 N–H and O–H groups in total. The maximum absolute atomic E-state index is 12.5. The fraction of sp³-hybridized carbons (Fsp3) is 0.895. The Morgan fingerprint density at radius 1 is 1.03 bits per heavy atom. The van der Waals surface area contributed by atoms with E-state index in [0.717, 1.165) is 45.2 Å². The second kappa shape index (κ2) is 13.8. The van der Waals surface area contributed by atoms with Crippen LogP contribution in [0.1, 0.15) is 20.8 Å². The Hall–Kier alpha value is -0.700. The van der Waals surface area contributed by atoms with E-state index in [1.54, 1.807) is 18.3 Å². The van der Waals surface area contributed by atoms with Crippen LogP contribution in [0, 0.1) is 0 Å². The molecule has 31 heavy (non-hydrogen) atoms. The summed E-state index contributed by atoms with van der Waals surface area (Å²) in [6.45, 7) is 12.8. The summed E-state index contributed by atoms with van der Waals surface area (Å²) in [6.07, 6.45) is 0.0319. The fourth-order valence-corrected chi connectivity index (χ4v) is 4.93. The van der Waals surface area contributed by atoms with Crippen molar-refractivity contribution in [3.8, 4) is 0 Å². The minimum absolute atomic E-state index is 0. The summed E-state index contributed by atoms with van der Waals surface area (Å²) >= 11 is 0. The first kappa shape index (κ1) is 28.3. The number of guanidine groups is 1. The number of sulfonamides is 1. The van der Waals surface area contributed by atoms with Crippen LogP contribution in [-0.4, -0.2) is 130 Å². The molecule has 12 heteroatoms. The lowest BCUT2D eigenvalue weighted by Gasteiger charge is -2.37. The molecule has 2 rings (SSSR count). The molecule has 0 saturated carbocycles. The number of carbonyl (C=O) groups excluding carboxylic acids is 1. The molecule has 0 aromatic heterocycles. The zero-order chi connectivity index (χ0) is 22.1. The molecule has 0 aromatic carbocycles. The summed E-state index contributed by atoms with van der Waals surface area (Å²) in [6, 6.07) is 0. The zero-order valence-electron chi connectivity index (χ0n) is 19.2. The number of carbonyl (C=O) groups is 1.